The van der Waals surface area contributed by atoms with E-state index in [0.29, 0.717) is 30.8 Å². The van der Waals surface area contributed by atoms with E-state index in [1.165, 1.54) is 4.90 Å². The van der Waals surface area contributed by atoms with Crippen LogP contribution in [0.5, 0.6) is 0 Å². The molecule has 7 amide bonds. The largest absolute Gasteiger partial charge is 0.445 e. The van der Waals surface area contributed by atoms with Crippen LogP contribution >= 0.6 is 0 Å². The lowest BCUT2D eigenvalue weighted by Crippen LogP contribution is -2.55. The number of nitrogens with one attached hydrogen (secondary N) is 5. The van der Waals surface area contributed by atoms with E-state index in [1.807, 2.05) is 7.05 Å². The van der Waals surface area contributed by atoms with Gasteiger partial charge in [0.15, 0.2) is 0 Å². The fraction of sp³-hybridized carbons (Fsp3) is 0.613. The van der Waals surface area contributed by atoms with Crippen LogP contribution in [0.25, 0.3) is 0 Å². The molecule has 0 radical (unpaired) electrons. The zero-order valence-corrected chi connectivity index (χ0v) is 28.6. The van der Waals surface area contributed by atoms with Crippen molar-refractivity contribution in [3.8, 4) is 0 Å². The number of primary amides is 1. The number of nitrogens with two attached hydrogens (primary N) is 2. The molecule has 0 spiro atoms. The Morgan fingerprint density at radius 1 is 0.894 bits per heavy atom. The maximum Gasteiger partial charge on any atom is 0.409 e. The SMILES string of the molecule is CC(C)[C@H](NC(=O)CNC(=O)CN)C(=O)N[C@@H](CCCNC(N)=O)C(=O)Nc1ccc(COC(=O)N(C)CCN(C)C(C)(C)C)cc1. The summed E-state index contributed by atoms with van der Waals surface area (Å²) in [7, 11) is 3.67. The van der Waals surface area contributed by atoms with Gasteiger partial charge in [-0.15, -0.1) is 0 Å². The Hall–Kier alpha value is -4.44. The second-order valence-corrected chi connectivity index (χ2v) is 12.5. The number of ether oxygens (including phenoxy) is 1. The predicted molar refractivity (Wildman–Crippen MR) is 178 cm³/mol. The van der Waals surface area contributed by atoms with Crippen LogP contribution in [0, 0.1) is 5.92 Å². The summed E-state index contributed by atoms with van der Waals surface area (Å²) >= 11 is 0. The molecule has 0 aliphatic heterocycles. The number of benzene rings is 1. The first kappa shape index (κ1) is 40.6. The van der Waals surface area contributed by atoms with Gasteiger partial charge in [0.2, 0.25) is 23.6 Å². The fourth-order valence-electron chi connectivity index (χ4n) is 3.95. The number of hydrogen-bond acceptors (Lipinski definition) is 9. The summed E-state index contributed by atoms with van der Waals surface area (Å²) in [4.78, 5) is 77.4. The lowest BCUT2D eigenvalue weighted by atomic mass is 10.0. The van der Waals surface area contributed by atoms with E-state index in [0.717, 1.165) is 0 Å². The first-order chi connectivity index (χ1) is 21.9. The summed E-state index contributed by atoms with van der Waals surface area (Å²) in [5.74, 6) is -2.60. The topological polar surface area (TPSA) is 230 Å². The van der Waals surface area contributed by atoms with Crippen LogP contribution in [-0.4, -0.2) is 110 Å². The van der Waals surface area contributed by atoms with Gasteiger partial charge in [-0.1, -0.05) is 26.0 Å². The molecule has 1 rings (SSSR count). The van der Waals surface area contributed by atoms with Gasteiger partial charge in [-0.2, -0.15) is 0 Å². The molecule has 9 N–H and O–H groups in total. The molecular weight excluding hydrogens is 610 g/mol. The second kappa shape index (κ2) is 19.9. The van der Waals surface area contributed by atoms with Gasteiger partial charge >= 0.3 is 12.1 Å². The summed E-state index contributed by atoms with van der Waals surface area (Å²) in [5, 5.41) is 12.8. The highest BCUT2D eigenvalue weighted by Crippen LogP contribution is 2.14. The van der Waals surface area contributed by atoms with Gasteiger partial charge in [-0.05, 0) is 64.3 Å². The molecule has 0 aliphatic carbocycles. The van der Waals surface area contributed by atoms with Crippen molar-refractivity contribution in [3.05, 3.63) is 29.8 Å². The van der Waals surface area contributed by atoms with Crippen molar-refractivity contribution in [3.63, 3.8) is 0 Å². The van der Waals surface area contributed by atoms with E-state index in [-0.39, 0.29) is 44.1 Å². The summed E-state index contributed by atoms with van der Waals surface area (Å²) in [6, 6.07) is 3.94. The monoisotopic (exact) mass is 663 g/mol. The van der Waals surface area contributed by atoms with Gasteiger partial charge in [0.25, 0.3) is 0 Å². The zero-order chi connectivity index (χ0) is 35.7. The van der Waals surface area contributed by atoms with Gasteiger partial charge < -0.3 is 47.7 Å². The highest BCUT2D eigenvalue weighted by Gasteiger charge is 2.29. The normalized spacial score (nSPS) is 12.5. The number of carbonyl (C=O) groups excluding carboxylic acids is 6. The van der Waals surface area contributed by atoms with E-state index >= 15 is 0 Å². The van der Waals surface area contributed by atoms with Crippen molar-refractivity contribution in [2.24, 2.45) is 17.4 Å². The summed E-state index contributed by atoms with van der Waals surface area (Å²) < 4.78 is 5.42. The molecule has 0 aliphatic rings. The Morgan fingerprint density at radius 2 is 1.53 bits per heavy atom. The summed E-state index contributed by atoms with van der Waals surface area (Å²) in [6.45, 7) is 10.5. The molecule has 0 fully saturated rings. The van der Waals surface area contributed by atoms with Crippen LogP contribution in [0.1, 0.15) is 53.0 Å². The highest BCUT2D eigenvalue weighted by molar-refractivity contribution is 5.98. The Balaban J connectivity index is 2.85. The highest BCUT2D eigenvalue weighted by atomic mass is 16.6. The third-order valence-corrected chi connectivity index (χ3v) is 7.31. The first-order valence-electron chi connectivity index (χ1n) is 15.5. The maximum absolute atomic E-state index is 13.3. The van der Waals surface area contributed by atoms with E-state index < -0.39 is 47.8 Å². The third kappa shape index (κ3) is 16.1. The molecule has 16 heteroatoms. The van der Waals surface area contributed by atoms with Crippen molar-refractivity contribution in [2.45, 2.75) is 71.7 Å². The lowest BCUT2D eigenvalue weighted by molar-refractivity contribution is -0.132. The minimum Gasteiger partial charge on any atom is -0.445 e. The van der Waals surface area contributed by atoms with Gasteiger partial charge in [-0.3, -0.25) is 24.1 Å². The molecule has 47 heavy (non-hydrogen) atoms. The fourth-order valence-corrected chi connectivity index (χ4v) is 3.95. The number of amides is 7. The Kier molecular flexibility index (Phi) is 17.2. The lowest BCUT2D eigenvalue weighted by Gasteiger charge is -2.33. The van der Waals surface area contributed by atoms with Gasteiger partial charge in [0.05, 0.1) is 13.1 Å². The van der Waals surface area contributed by atoms with Gasteiger partial charge in [0.1, 0.15) is 18.7 Å². The molecule has 0 heterocycles. The van der Waals surface area contributed by atoms with Crippen LogP contribution in [0.2, 0.25) is 0 Å². The van der Waals surface area contributed by atoms with E-state index in [4.69, 9.17) is 16.2 Å². The zero-order valence-electron chi connectivity index (χ0n) is 28.6. The summed E-state index contributed by atoms with van der Waals surface area (Å²) in [6.07, 6.45) is 0.0115. The van der Waals surface area contributed by atoms with E-state index in [9.17, 15) is 28.8 Å². The van der Waals surface area contributed by atoms with Crippen molar-refractivity contribution in [1.82, 2.24) is 31.1 Å². The van der Waals surface area contributed by atoms with Gasteiger partial charge in [-0.25, -0.2) is 9.59 Å². The van der Waals surface area contributed by atoms with Crippen LogP contribution in [0.4, 0.5) is 15.3 Å². The van der Waals surface area contributed by atoms with E-state index in [1.54, 1.807) is 45.2 Å². The molecule has 0 saturated carbocycles. The molecule has 2 atom stereocenters. The molecule has 0 aromatic heterocycles. The van der Waals surface area contributed by atoms with Crippen molar-refractivity contribution >= 4 is 41.4 Å². The summed E-state index contributed by atoms with van der Waals surface area (Å²) in [5.41, 5.74) is 11.5. The molecule has 1 aromatic rings. The number of likely N-dealkylation sites (N-methyl/N-ethyl adjacent to an activating group) is 2. The van der Waals surface area contributed by atoms with Crippen LogP contribution in [0.15, 0.2) is 24.3 Å². The number of hydrogen-bond donors (Lipinski definition) is 7. The predicted octanol–water partition coefficient (Wildman–Crippen LogP) is 0.0728. The molecule has 264 valence electrons. The number of nitrogens with zero attached hydrogens (tertiary/aromatic N) is 2. The third-order valence-electron chi connectivity index (χ3n) is 7.31. The van der Waals surface area contributed by atoms with E-state index in [2.05, 4.69) is 52.3 Å². The molecule has 0 bridgehead atoms. The van der Waals surface area contributed by atoms with Crippen molar-refractivity contribution in [1.29, 1.82) is 0 Å². The van der Waals surface area contributed by atoms with Crippen molar-refractivity contribution < 1.29 is 33.5 Å². The number of carbonyl (C=O) groups is 6. The minimum absolute atomic E-state index is 0.0182. The molecule has 0 unspecified atom stereocenters. The Bertz CT molecular complexity index is 1200. The Labute approximate surface area is 277 Å². The van der Waals surface area contributed by atoms with Crippen LogP contribution in [0.3, 0.4) is 0 Å². The van der Waals surface area contributed by atoms with Crippen LogP contribution < -0.4 is 38.1 Å². The molecule has 1 aromatic carbocycles. The maximum atomic E-state index is 13.3. The quantitative estimate of drug-likeness (QED) is 0.105. The number of anilines is 1. The second-order valence-electron chi connectivity index (χ2n) is 12.5. The average molecular weight is 664 g/mol. The van der Waals surface area contributed by atoms with Gasteiger partial charge in [0, 0.05) is 37.9 Å². The smallest absolute Gasteiger partial charge is 0.409 e. The van der Waals surface area contributed by atoms with Crippen molar-refractivity contribution in [2.75, 3.05) is 52.1 Å². The molecular formula is C31H53N9O7. The molecule has 16 nitrogen and oxygen atoms in total. The average Bonchev–Trinajstić information content (AvgIpc) is 3.00. The number of urea groups is 1. The Morgan fingerprint density at radius 3 is 2.09 bits per heavy atom. The number of rotatable bonds is 18. The van der Waals surface area contributed by atoms with Crippen LogP contribution in [-0.2, 0) is 30.5 Å². The first-order valence-corrected chi connectivity index (χ1v) is 15.5. The minimum atomic E-state index is -1.03. The standard InChI is InChI=1S/C31H53N9O7/c1-20(2)26(38-25(42)18-35-24(41)17-32)28(44)37-23(9-8-14-34-29(33)45)27(43)36-22-12-10-21(11-13-22)19-47-30(46)39(6)15-16-40(7)31(3,4)5/h10-13,20,23,26H,8-9,14-19,32H2,1-7H3,(H,35,41)(H,36,43)(H,37,44)(H,38,42)(H3,33,34,45)/t23-,26-/m0/s1. The molecule has 0 saturated heterocycles.